The van der Waals surface area contributed by atoms with E-state index < -0.39 is 11.5 Å². The van der Waals surface area contributed by atoms with Gasteiger partial charge in [0.25, 0.3) is 0 Å². The van der Waals surface area contributed by atoms with Crippen LogP contribution in [0.5, 0.6) is 0 Å². The molecule has 94 valence electrons. The van der Waals surface area contributed by atoms with Crippen LogP contribution in [0.1, 0.15) is 32.6 Å². The second kappa shape index (κ2) is 6.18. The Labute approximate surface area is 95.9 Å². The monoisotopic (exact) mass is 231 g/mol. The molecule has 1 aliphatic rings. The maximum absolute atomic E-state index is 10.7. The van der Waals surface area contributed by atoms with Gasteiger partial charge >= 0.3 is 5.97 Å². The molecule has 0 aromatic carbocycles. The third-order valence-corrected chi connectivity index (χ3v) is 2.85. The number of carboxylic acids is 1. The molecule has 5 heteroatoms. The van der Waals surface area contributed by atoms with Crippen LogP contribution in [0.15, 0.2) is 0 Å². The molecule has 0 saturated carbocycles. The highest BCUT2D eigenvalue weighted by Crippen LogP contribution is 2.13. The lowest BCUT2D eigenvalue weighted by molar-refractivity contribution is -0.143. The van der Waals surface area contributed by atoms with E-state index in [1.807, 2.05) is 0 Å². The van der Waals surface area contributed by atoms with E-state index in [1.165, 1.54) is 6.92 Å². The summed E-state index contributed by atoms with van der Waals surface area (Å²) < 4.78 is 10.8. The number of carboxylic acid groups (broad SMARTS) is 1. The highest BCUT2D eigenvalue weighted by Gasteiger charge is 2.27. The smallest absolute Gasteiger partial charge is 0.323 e. The maximum atomic E-state index is 10.7. The van der Waals surface area contributed by atoms with Crippen LogP contribution in [0, 0.1) is 0 Å². The molecular formula is C11H21NO4. The van der Waals surface area contributed by atoms with Crippen molar-refractivity contribution in [2.24, 2.45) is 5.73 Å². The Kier molecular flexibility index (Phi) is 5.18. The van der Waals surface area contributed by atoms with Gasteiger partial charge in [0.2, 0.25) is 0 Å². The molecule has 1 fully saturated rings. The number of rotatable bonds is 6. The van der Waals surface area contributed by atoms with E-state index in [0.717, 1.165) is 26.1 Å². The van der Waals surface area contributed by atoms with Crippen molar-refractivity contribution in [1.29, 1.82) is 0 Å². The van der Waals surface area contributed by atoms with Crippen molar-refractivity contribution in [2.45, 2.75) is 44.2 Å². The fourth-order valence-electron chi connectivity index (χ4n) is 1.64. The highest BCUT2D eigenvalue weighted by atomic mass is 16.5. The van der Waals surface area contributed by atoms with Crippen LogP contribution in [-0.4, -0.2) is 42.5 Å². The van der Waals surface area contributed by atoms with Gasteiger partial charge in [0.1, 0.15) is 5.54 Å². The normalized spacial score (nSPS) is 21.6. The first kappa shape index (κ1) is 13.4. The third kappa shape index (κ3) is 4.47. The van der Waals surface area contributed by atoms with Crippen LogP contribution in [0.4, 0.5) is 0 Å². The summed E-state index contributed by atoms with van der Waals surface area (Å²) in [5.74, 6) is -0.960. The number of nitrogens with two attached hydrogens (primary N) is 1. The highest BCUT2D eigenvalue weighted by molar-refractivity contribution is 5.77. The number of hydrogen-bond donors (Lipinski definition) is 2. The Morgan fingerprint density at radius 3 is 2.75 bits per heavy atom. The molecule has 1 rings (SSSR count). The minimum absolute atomic E-state index is 0.266. The second-order valence-electron chi connectivity index (χ2n) is 4.51. The van der Waals surface area contributed by atoms with Gasteiger partial charge < -0.3 is 20.3 Å². The lowest BCUT2D eigenvalue weighted by Crippen LogP contribution is -2.44. The van der Waals surface area contributed by atoms with Gasteiger partial charge in [0.05, 0.1) is 6.10 Å². The van der Waals surface area contributed by atoms with Gasteiger partial charge in [-0.2, -0.15) is 0 Å². The van der Waals surface area contributed by atoms with E-state index in [2.05, 4.69) is 0 Å². The molecule has 0 aromatic heterocycles. The summed E-state index contributed by atoms with van der Waals surface area (Å²) in [6.45, 7) is 3.62. The van der Waals surface area contributed by atoms with E-state index >= 15 is 0 Å². The molecule has 1 saturated heterocycles. The largest absolute Gasteiger partial charge is 0.480 e. The zero-order chi connectivity index (χ0) is 12.0. The molecule has 1 unspecified atom stereocenters. The van der Waals surface area contributed by atoms with Crippen LogP contribution in [-0.2, 0) is 14.3 Å². The number of hydrogen-bond acceptors (Lipinski definition) is 4. The van der Waals surface area contributed by atoms with Crippen molar-refractivity contribution >= 4 is 5.97 Å². The molecule has 0 aliphatic carbocycles. The average molecular weight is 231 g/mol. The zero-order valence-electron chi connectivity index (χ0n) is 9.78. The van der Waals surface area contributed by atoms with Gasteiger partial charge in [-0.25, -0.2) is 0 Å². The summed E-state index contributed by atoms with van der Waals surface area (Å²) in [6, 6.07) is 0. The van der Waals surface area contributed by atoms with Crippen LogP contribution in [0.2, 0.25) is 0 Å². The topological polar surface area (TPSA) is 81.8 Å². The van der Waals surface area contributed by atoms with Gasteiger partial charge in [-0.1, -0.05) is 0 Å². The van der Waals surface area contributed by atoms with Crippen LogP contribution in [0.25, 0.3) is 0 Å². The van der Waals surface area contributed by atoms with Crippen LogP contribution >= 0.6 is 0 Å². The van der Waals surface area contributed by atoms with Gasteiger partial charge in [-0.05, 0) is 32.6 Å². The predicted octanol–water partition coefficient (Wildman–Crippen LogP) is 0.764. The van der Waals surface area contributed by atoms with E-state index in [0.29, 0.717) is 19.4 Å². The SMILES string of the molecule is CC(N)(CCCOC1CCOCC1)C(=O)O. The molecule has 16 heavy (non-hydrogen) atoms. The van der Waals surface area contributed by atoms with Crippen LogP contribution in [0.3, 0.4) is 0 Å². The summed E-state index contributed by atoms with van der Waals surface area (Å²) in [5.41, 5.74) is 4.46. The lowest BCUT2D eigenvalue weighted by Gasteiger charge is -2.23. The number of ether oxygens (including phenoxy) is 2. The minimum atomic E-state index is -1.14. The summed E-state index contributed by atoms with van der Waals surface area (Å²) in [4.78, 5) is 10.7. The van der Waals surface area contributed by atoms with Gasteiger partial charge in [0.15, 0.2) is 0 Å². The van der Waals surface area contributed by atoms with Gasteiger partial charge in [-0.15, -0.1) is 0 Å². The minimum Gasteiger partial charge on any atom is -0.480 e. The van der Waals surface area contributed by atoms with Crippen LogP contribution < -0.4 is 5.73 Å². The molecular weight excluding hydrogens is 210 g/mol. The Balaban J connectivity index is 2.09. The summed E-state index contributed by atoms with van der Waals surface area (Å²) in [7, 11) is 0. The molecule has 1 heterocycles. The fraction of sp³-hybridized carbons (Fsp3) is 0.909. The quantitative estimate of drug-likeness (QED) is 0.660. The van der Waals surface area contributed by atoms with Crippen molar-refractivity contribution < 1.29 is 19.4 Å². The van der Waals surface area contributed by atoms with Crippen molar-refractivity contribution in [3.05, 3.63) is 0 Å². The molecule has 0 radical (unpaired) electrons. The summed E-state index contributed by atoms with van der Waals surface area (Å²) in [5, 5.41) is 8.81. The van der Waals surface area contributed by atoms with Crippen molar-refractivity contribution in [2.75, 3.05) is 19.8 Å². The number of carbonyl (C=O) groups is 1. The zero-order valence-corrected chi connectivity index (χ0v) is 9.78. The Bertz CT molecular complexity index is 224. The van der Waals surface area contributed by atoms with Crippen molar-refractivity contribution in [3.8, 4) is 0 Å². The summed E-state index contributed by atoms with van der Waals surface area (Å²) in [6.07, 6.45) is 3.24. The van der Waals surface area contributed by atoms with E-state index in [4.69, 9.17) is 20.3 Å². The predicted molar refractivity (Wildman–Crippen MR) is 59.3 cm³/mol. The molecule has 1 atom stereocenters. The molecule has 5 nitrogen and oxygen atoms in total. The van der Waals surface area contributed by atoms with E-state index in [9.17, 15) is 4.79 Å². The Morgan fingerprint density at radius 2 is 2.19 bits per heavy atom. The van der Waals surface area contributed by atoms with Crippen molar-refractivity contribution in [1.82, 2.24) is 0 Å². The first-order valence-corrected chi connectivity index (χ1v) is 5.74. The molecule has 0 amide bonds. The average Bonchev–Trinajstić information content (AvgIpc) is 2.26. The van der Waals surface area contributed by atoms with Gasteiger partial charge in [0, 0.05) is 19.8 Å². The Hall–Kier alpha value is -0.650. The van der Waals surface area contributed by atoms with Gasteiger partial charge in [-0.3, -0.25) is 4.79 Å². The second-order valence-corrected chi connectivity index (χ2v) is 4.51. The first-order valence-electron chi connectivity index (χ1n) is 5.74. The van der Waals surface area contributed by atoms with E-state index in [-0.39, 0.29) is 6.10 Å². The number of aliphatic carboxylic acids is 1. The summed E-state index contributed by atoms with van der Waals surface area (Å²) >= 11 is 0. The fourth-order valence-corrected chi connectivity index (χ4v) is 1.64. The maximum Gasteiger partial charge on any atom is 0.323 e. The first-order chi connectivity index (χ1) is 7.52. The standard InChI is InChI=1S/C11H21NO4/c1-11(12,10(13)14)5-2-6-16-9-3-7-15-8-4-9/h9H,2-8,12H2,1H3,(H,13,14). The molecule has 0 aromatic rings. The van der Waals surface area contributed by atoms with Crippen molar-refractivity contribution in [3.63, 3.8) is 0 Å². The molecule has 3 N–H and O–H groups in total. The lowest BCUT2D eigenvalue weighted by atomic mass is 9.98. The molecule has 0 spiro atoms. The molecule has 0 bridgehead atoms. The Morgan fingerprint density at radius 1 is 1.56 bits per heavy atom. The molecule has 1 aliphatic heterocycles. The van der Waals surface area contributed by atoms with E-state index in [1.54, 1.807) is 0 Å². The third-order valence-electron chi connectivity index (χ3n) is 2.85.